The minimum Gasteiger partial charge on any atom is -0.453 e. The molecule has 0 saturated carbocycles. The van der Waals surface area contributed by atoms with Crippen LogP contribution in [0.3, 0.4) is 0 Å². The van der Waals surface area contributed by atoms with Gasteiger partial charge < -0.3 is 14.8 Å². The largest absolute Gasteiger partial charge is 0.453 e. The van der Waals surface area contributed by atoms with Crippen LogP contribution in [0.1, 0.15) is 26.9 Å². The van der Waals surface area contributed by atoms with E-state index in [9.17, 15) is 14.4 Å². The molecule has 1 N–H and O–H groups in total. The van der Waals surface area contributed by atoms with Crippen LogP contribution in [-0.4, -0.2) is 45.1 Å². The van der Waals surface area contributed by atoms with E-state index < -0.39 is 42.2 Å². The molecule has 2 aromatic carbocycles. The number of anilines is 1. The van der Waals surface area contributed by atoms with Crippen molar-refractivity contribution in [3.8, 4) is 0 Å². The van der Waals surface area contributed by atoms with E-state index in [0.717, 1.165) is 4.57 Å². The summed E-state index contributed by atoms with van der Waals surface area (Å²) in [6, 6.07) is 18.0. The molecule has 0 radical (unpaired) electrons. The molecule has 0 spiro atoms. The third-order valence-electron chi connectivity index (χ3n) is 5.05. The zero-order valence-corrected chi connectivity index (χ0v) is 18.7. The summed E-state index contributed by atoms with van der Waals surface area (Å²) < 4.78 is 27.3. The lowest BCUT2D eigenvalue weighted by Crippen LogP contribution is -2.36. The van der Waals surface area contributed by atoms with E-state index in [4.69, 9.17) is 9.47 Å². The van der Waals surface area contributed by atoms with E-state index in [1.807, 2.05) is 0 Å². The highest BCUT2D eigenvalue weighted by atomic mass is 79.9. The first-order chi connectivity index (χ1) is 16.0. The summed E-state index contributed by atoms with van der Waals surface area (Å²) in [6.45, 7) is 0. The summed E-state index contributed by atoms with van der Waals surface area (Å²) in [5.41, 5.74) is -0.148. The van der Waals surface area contributed by atoms with Crippen molar-refractivity contribution < 1.29 is 23.5 Å². The quantitative estimate of drug-likeness (QED) is 0.399. The number of carbonyl (C=O) groups is 2. The lowest BCUT2D eigenvalue weighted by atomic mass is 10.1. The fourth-order valence-corrected chi connectivity index (χ4v) is 3.92. The van der Waals surface area contributed by atoms with Gasteiger partial charge in [-0.1, -0.05) is 52.3 Å². The van der Waals surface area contributed by atoms with Crippen LogP contribution >= 0.6 is 15.9 Å². The number of rotatable bonds is 6. The van der Waals surface area contributed by atoms with Gasteiger partial charge in [-0.25, -0.2) is 14.0 Å². The first-order valence-electron chi connectivity index (χ1n) is 10.0. The van der Waals surface area contributed by atoms with Crippen molar-refractivity contribution >= 4 is 33.6 Å². The van der Waals surface area contributed by atoms with E-state index in [1.165, 1.54) is 12.3 Å². The number of ether oxygens (including phenoxy) is 2. The second-order valence-corrected chi connectivity index (χ2v) is 7.87. The first kappa shape index (κ1) is 22.8. The van der Waals surface area contributed by atoms with E-state index >= 15 is 4.39 Å². The fourth-order valence-electron chi connectivity index (χ4n) is 3.40. The number of halogens is 2. The second-order valence-electron chi connectivity index (χ2n) is 7.22. The van der Waals surface area contributed by atoms with Crippen molar-refractivity contribution in [3.05, 3.63) is 94.5 Å². The molecule has 1 fully saturated rings. The Kier molecular flexibility index (Phi) is 6.95. The van der Waals surface area contributed by atoms with Crippen molar-refractivity contribution in [2.24, 2.45) is 0 Å². The number of nitrogens with one attached hydrogen (secondary N) is 1. The third kappa shape index (κ3) is 5.01. The Balaban J connectivity index is 1.49. The molecule has 1 aromatic heterocycles. The fraction of sp³-hybridized carbons (Fsp3) is 0.217. The van der Waals surface area contributed by atoms with E-state index in [-0.39, 0.29) is 16.7 Å². The monoisotopic (exact) mass is 515 g/mol. The minimum atomic E-state index is -1.82. The van der Waals surface area contributed by atoms with E-state index in [2.05, 4.69) is 26.2 Å². The summed E-state index contributed by atoms with van der Waals surface area (Å²) in [5.74, 6) is -1.11. The summed E-state index contributed by atoms with van der Waals surface area (Å²) in [5, 5.41) is 2.71. The van der Waals surface area contributed by atoms with Crippen LogP contribution in [0.2, 0.25) is 0 Å². The Morgan fingerprint density at radius 1 is 1.06 bits per heavy atom. The van der Waals surface area contributed by atoms with Gasteiger partial charge in [0, 0.05) is 17.1 Å². The number of carbonyl (C=O) groups excluding carboxylic acids is 2. The molecule has 2 heterocycles. The lowest BCUT2D eigenvalue weighted by molar-refractivity contribution is -0.0200. The van der Waals surface area contributed by atoms with Crippen LogP contribution in [0.4, 0.5) is 10.2 Å². The zero-order chi connectivity index (χ0) is 23.4. The molecule has 10 heteroatoms. The van der Waals surface area contributed by atoms with E-state index in [1.54, 1.807) is 60.7 Å². The summed E-state index contributed by atoms with van der Waals surface area (Å²) in [7, 11) is 0. The zero-order valence-electron chi connectivity index (χ0n) is 17.1. The van der Waals surface area contributed by atoms with Gasteiger partial charge in [-0.05, 0) is 30.3 Å². The Hall–Kier alpha value is -3.37. The highest BCUT2D eigenvalue weighted by Gasteiger charge is 2.48. The number of alkyl halides is 2. The molecule has 4 rings (SSSR count). The summed E-state index contributed by atoms with van der Waals surface area (Å²) in [4.78, 5) is 41.0. The minimum absolute atomic E-state index is 0.0163. The molecule has 0 bridgehead atoms. The van der Waals surface area contributed by atoms with Crippen molar-refractivity contribution in [2.75, 3.05) is 10.6 Å². The number of nitrogens with zero attached hydrogens (tertiary/aromatic N) is 2. The van der Waals surface area contributed by atoms with Crippen LogP contribution < -0.4 is 11.0 Å². The summed E-state index contributed by atoms with van der Waals surface area (Å²) >= 11 is 3.24. The molecular formula is C23H19BrFN3O5. The van der Waals surface area contributed by atoms with Gasteiger partial charge in [0.15, 0.2) is 18.5 Å². The average molecular weight is 516 g/mol. The predicted molar refractivity (Wildman–Crippen MR) is 121 cm³/mol. The van der Waals surface area contributed by atoms with Crippen molar-refractivity contribution in [1.29, 1.82) is 0 Å². The van der Waals surface area contributed by atoms with Crippen LogP contribution in [0.25, 0.3) is 0 Å². The second kappa shape index (κ2) is 10.1. The van der Waals surface area contributed by atoms with Crippen molar-refractivity contribution in [3.63, 3.8) is 0 Å². The standard InChI is InChI=1S/C23H19BrFN3O5/c24-13-16-19(33-22(30)15-9-5-2-6-10-15)18(25)21(32-16)28-12-11-17(27-23(28)31)26-20(29)14-7-3-1-4-8-14/h1-12,16,18-19,21H,13H2,(H,26,27,29,31)/t16-,18?,19+,21-/m1/s1. The van der Waals surface area contributed by atoms with Crippen molar-refractivity contribution in [1.82, 2.24) is 9.55 Å². The molecule has 0 aliphatic carbocycles. The average Bonchev–Trinajstić information content (AvgIpc) is 3.15. The maximum absolute atomic E-state index is 15.3. The SMILES string of the molecule is O=C(Nc1ccn([C@@H]2O[C@H](CBr)[C@H](OC(=O)c3ccccc3)C2F)c(=O)n1)c1ccccc1. The van der Waals surface area contributed by atoms with Crippen LogP contribution in [0, 0.1) is 0 Å². The number of aromatic nitrogens is 2. The Morgan fingerprint density at radius 3 is 2.30 bits per heavy atom. The maximum Gasteiger partial charge on any atom is 0.351 e. The number of esters is 1. The third-order valence-corrected chi connectivity index (χ3v) is 5.69. The van der Waals surface area contributed by atoms with Gasteiger partial charge in [0.2, 0.25) is 0 Å². The number of amides is 1. The molecule has 3 aromatic rings. The molecule has 170 valence electrons. The van der Waals surface area contributed by atoms with Gasteiger partial charge in [0.1, 0.15) is 11.9 Å². The normalized spacial score (nSPS) is 22.0. The topological polar surface area (TPSA) is 99.5 Å². The molecule has 8 nitrogen and oxygen atoms in total. The molecule has 1 aliphatic rings. The molecule has 1 amide bonds. The van der Waals surface area contributed by atoms with Gasteiger partial charge >= 0.3 is 11.7 Å². The molecule has 4 atom stereocenters. The van der Waals surface area contributed by atoms with Crippen LogP contribution in [-0.2, 0) is 9.47 Å². The van der Waals surface area contributed by atoms with Gasteiger partial charge in [-0.3, -0.25) is 9.36 Å². The maximum atomic E-state index is 15.3. The molecule has 1 unspecified atom stereocenters. The lowest BCUT2D eigenvalue weighted by Gasteiger charge is -2.18. The Labute approximate surface area is 196 Å². The highest BCUT2D eigenvalue weighted by Crippen LogP contribution is 2.34. The van der Waals surface area contributed by atoms with Gasteiger partial charge in [0.25, 0.3) is 5.91 Å². The summed E-state index contributed by atoms with van der Waals surface area (Å²) in [6.07, 6.45) is -3.93. The number of hydrogen-bond donors (Lipinski definition) is 1. The van der Waals surface area contributed by atoms with Gasteiger partial charge in [-0.15, -0.1) is 0 Å². The van der Waals surface area contributed by atoms with Crippen LogP contribution in [0.5, 0.6) is 0 Å². The van der Waals surface area contributed by atoms with Gasteiger partial charge in [-0.2, -0.15) is 4.98 Å². The van der Waals surface area contributed by atoms with Gasteiger partial charge in [0.05, 0.1) is 5.56 Å². The smallest absolute Gasteiger partial charge is 0.351 e. The number of hydrogen-bond acceptors (Lipinski definition) is 6. The van der Waals surface area contributed by atoms with Crippen LogP contribution in [0.15, 0.2) is 77.7 Å². The molecule has 1 saturated heterocycles. The molecule has 1 aliphatic heterocycles. The van der Waals surface area contributed by atoms with Crippen molar-refractivity contribution in [2.45, 2.75) is 24.6 Å². The Morgan fingerprint density at radius 2 is 1.70 bits per heavy atom. The molecular weight excluding hydrogens is 497 g/mol. The predicted octanol–water partition coefficient (Wildman–Crippen LogP) is 3.35. The molecule has 33 heavy (non-hydrogen) atoms. The van der Waals surface area contributed by atoms with E-state index in [0.29, 0.717) is 5.56 Å². The highest BCUT2D eigenvalue weighted by molar-refractivity contribution is 9.09. The number of benzene rings is 2. The first-order valence-corrected chi connectivity index (χ1v) is 11.2. The Bertz CT molecular complexity index is 1190.